The quantitative estimate of drug-likeness (QED) is 0.527. The van der Waals surface area contributed by atoms with Gasteiger partial charge in [0, 0.05) is 25.6 Å². The highest BCUT2D eigenvalue weighted by Crippen LogP contribution is 2.07. The van der Waals surface area contributed by atoms with Crippen molar-refractivity contribution >= 4 is 0 Å². The molecule has 1 atom stereocenters. The summed E-state index contributed by atoms with van der Waals surface area (Å²) in [6, 6.07) is 0.603. The minimum absolute atomic E-state index is 0.603. The van der Waals surface area contributed by atoms with Crippen molar-refractivity contribution in [3.05, 3.63) is 0 Å². The van der Waals surface area contributed by atoms with Crippen LogP contribution in [-0.2, 0) is 0 Å². The van der Waals surface area contributed by atoms with Gasteiger partial charge in [0.25, 0.3) is 0 Å². The summed E-state index contributed by atoms with van der Waals surface area (Å²) in [5.41, 5.74) is 0. The third kappa shape index (κ3) is 4.64. The minimum Gasteiger partial charge on any atom is -0.312 e. The molecule has 1 N–H and O–H groups in total. The van der Waals surface area contributed by atoms with Crippen LogP contribution >= 0.6 is 0 Å². The van der Waals surface area contributed by atoms with Gasteiger partial charge in [-0.05, 0) is 39.8 Å². The van der Waals surface area contributed by atoms with Crippen LogP contribution in [0.4, 0.5) is 0 Å². The van der Waals surface area contributed by atoms with E-state index in [-0.39, 0.29) is 0 Å². The van der Waals surface area contributed by atoms with Gasteiger partial charge in [-0.3, -0.25) is 0 Å². The van der Waals surface area contributed by atoms with Gasteiger partial charge in [0.05, 0.1) is 0 Å². The van der Waals surface area contributed by atoms with E-state index < -0.39 is 0 Å². The lowest BCUT2D eigenvalue weighted by atomic mass is 10.3. The maximum absolute atomic E-state index is 3.50. The van der Waals surface area contributed by atoms with Crippen LogP contribution < -0.4 is 5.32 Å². The van der Waals surface area contributed by atoms with Gasteiger partial charge in [0.15, 0.2) is 0 Å². The molecule has 0 aromatic heterocycles. The second-order valence-corrected chi connectivity index (χ2v) is 4.04. The van der Waals surface area contributed by atoms with Crippen molar-refractivity contribution in [3.8, 4) is 11.8 Å². The molecule has 0 radical (unpaired) electrons. The van der Waals surface area contributed by atoms with Crippen LogP contribution in [0.1, 0.15) is 33.1 Å². The Kier molecular flexibility index (Phi) is 5.66. The second-order valence-electron chi connectivity index (χ2n) is 4.04. The SMILES string of the molecule is CC#CCCNC(C)CN1CCCC1. The molecule has 1 aliphatic heterocycles. The van der Waals surface area contributed by atoms with Gasteiger partial charge >= 0.3 is 0 Å². The predicted octanol–water partition coefficient (Wildman–Crippen LogP) is 1.47. The van der Waals surface area contributed by atoms with E-state index in [1.54, 1.807) is 0 Å². The van der Waals surface area contributed by atoms with Crippen LogP contribution in [0.25, 0.3) is 0 Å². The van der Waals surface area contributed by atoms with Crippen LogP contribution in [0.5, 0.6) is 0 Å². The second kappa shape index (κ2) is 6.86. The molecule has 0 spiro atoms. The van der Waals surface area contributed by atoms with E-state index in [4.69, 9.17) is 0 Å². The van der Waals surface area contributed by atoms with Gasteiger partial charge in [-0.15, -0.1) is 11.8 Å². The van der Waals surface area contributed by atoms with Gasteiger partial charge in [0.1, 0.15) is 0 Å². The summed E-state index contributed by atoms with van der Waals surface area (Å²) >= 11 is 0. The summed E-state index contributed by atoms with van der Waals surface area (Å²) in [5, 5.41) is 3.50. The molecular weight excluding hydrogens is 172 g/mol. The molecule has 14 heavy (non-hydrogen) atoms. The predicted molar refractivity (Wildman–Crippen MR) is 61.2 cm³/mol. The lowest BCUT2D eigenvalue weighted by Gasteiger charge is -2.20. The highest BCUT2D eigenvalue weighted by molar-refractivity contribution is 4.95. The van der Waals surface area contributed by atoms with E-state index >= 15 is 0 Å². The van der Waals surface area contributed by atoms with E-state index in [0.717, 1.165) is 13.0 Å². The number of nitrogens with zero attached hydrogens (tertiary/aromatic N) is 1. The molecule has 0 saturated carbocycles. The van der Waals surface area contributed by atoms with Crippen molar-refractivity contribution in [2.45, 2.75) is 39.2 Å². The van der Waals surface area contributed by atoms with Crippen molar-refractivity contribution in [3.63, 3.8) is 0 Å². The van der Waals surface area contributed by atoms with Crippen LogP contribution in [-0.4, -0.2) is 37.1 Å². The highest BCUT2D eigenvalue weighted by atomic mass is 15.2. The standard InChI is InChI=1S/C12H22N2/c1-3-4-5-8-13-12(2)11-14-9-6-7-10-14/h12-13H,5-11H2,1-2H3. The smallest absolute Gasteiger partial charge is 0.0214 e. The van der Waals surface area contributed by atoms with E-state index in [9.17, 15) is 0 Å². The molecule has 1 heterocycles. The van der Waals surface area contributed by atoms with E-state index in [1.165, 1.54) is 32.5 Å². The molecule has 2 heteroatoms. The van der Waals surface area contributed by atoms with Gasteiger partial charge in [-0.1, -0.05) is 0 Å². The monoisotopic (exact) mass is 194 g/mol. The normalized spacial score (nSPS) is 19.0. The molecule has 1 aliphatic rings. The summed E-state index contributed by atoms with van der Waals surface area (Å²) in [7, 11) is 0. The zero-order valence-corrected chi connectivity index (χ0v) is 9.47. The number of nitrogens with one attached hydrogen (secondary N) is 1. The number of hydrogen-bond acceptors (Lipinski definition) is 2. The third-order valence-corrected chi connectivity index (χ3v) is 2.65. The molecule has 0 bridgehead atoms. The molecule has 2 nitrogen and oxygen atoms in total. The Labute approximate surface area is 88.1 Å². The zero-order valence-electron chi connectivity index (χ0n) is 9.47. The molecule has 0 aromatic rings. The molecule has 1 rings (SSSR count). The summed E-state index contributed by atoms with van der Waals surface area (Å²) in [4.78, 5) is 2.54. The Hall–Kier alpha value is -0.520. The Bertz CT molecular complexity index is 196. The van der Waals surface area contributed by atoms with Crippen molar-refractivity contribution in [1.29, 1.82) is 0 Å². The largest absolute Gasteiger partial charge is 0.312 e. The van der Waals surface area contributed by atoms with Crippen molar-refractivity contribution in [2.24, 2.45) is 0 Å². The first-order valence-electron chi connectivity index (χ1n) is 5.68. The minimum atomic E-state index is 0.603. The Morgan fingerprint density at radius 3 is 2.71 bits per heavy atom. The Morgan fingerprint density at radius 2 is 2.07 bits per heavy atom. The van der Waals surface area contributed by atoms with Crippen molar-refractivity contribution in [2.75, 3.05) is 26.2 Å². The molecule has 80 valence electrons. The number of likely N-dealkylation sites (tertiary alicyclic amines) is 1. The van der Waals surface area contributed by atoms with Gasteiger partial charge in [0.2, 0.25) is 0 Å². The fourth-order valence-electron chi connectivity index (χ4n) is 1.92. The van der Waals surface area contributed by atoms with Crippen molar-refractivity contribution in [1.82, 2.24) is 10.2 Å². The molecule has 0 aliphatic carbocycles. The average molecular weight is 194 g/mol. The summed E-state index contributed by atoms with van der Waals surface area (Å²) in [6.07, 6.45) is 3.74. The van der Waals surface area contributed by atoms with Crippen LogP contribution in [0.3, 0.4) is 0 Å². The zero-order chi connectivity index (χ0) is 10.2. The lowest BCUT2D eigenvalue weighted by molar-refractivity contribution is 0.300. The topological polar surface area (TPSA) is 15.3 Å². The molecule has 0 aromatic carbocycles. The van der Waals surface area contributed by atoms with Gasteiger partial charge in [-0.2, -0.15) is 0 Å². The highest BCUT2D eigenvalue weighted by Gasteiger charge is 2.13. The Morgan fingerprint density at radius 1 is 1.36 bits per heavy atom. The molecular formula is C12H22N2. The Balaban J connectivity index is 2.02. The van der Waals surface area contributed by atoms with Crippen LogP contribution in [0, 0.1) is 11.8 Å². The number of rotatable bonds is 5. The first-order valence-corrected chi connectivity index (χ1v) is 5.68. The number of hydrogen-bond donors (Lipinski definition) is 1. The van der Waals surface area contributed by atoms with E-state index in [0.29, 0.717) is 6.04 Å². The summed E-state index contributed by atoms with van der Waals surface area (Å²) < 4.78 is 0. The molecule has 1 unspecified atom stereocenters. The molecule has 1 saturated heterocycles. The van der Waals surface area contributed by atoms with Crippen LogP contribution in [0.2, 0.25) is 0 Å². The first-order chi connectivity index (χ1) is 6.83. The summed E-state index contributed by atoms with van der Waals surface area (Å²) in [5.74, 6) is 5.99. The fraction of sp³-hybridized carbons (Fsp3) is 0.833. The average Bonchev–Trinajstić information content (AvgIpc) is 2.65. The van der Waals surface area contributed by atoms with E-state index in [1.807, 2.05) is 6.92 Å². The maximum Gasteiger partial charge on any atom is 0.0214 e. The van der Waals surface area contributed by atoms with E-state index in [2.05, 4.69) is 29.0 Å². The maximum atomic E-state index is 3.50. The molecule has 1 fully saturated rings. The first kappa shape index (κ1) is 11.6. The van der Waals surface area contributed by atoms with Crippen molar-refractivity contribution < 1.29 is 0 Å². The summed E-state index contributed by atoms with van der Waals surface area (Å²) in [6.45, 7) is 8.96. The molecule has 0 amide bonds. The van der Waals surface area contributed by atoms with Crippen LogP contribution in [0.15, 0.2) is 0 Å². The lowest BCUT2D eigenvalue weighted by Crippen LogP contribution is -2.38. The van der Waals surface area contributed by atoms with Gasteiger partial charge < -0.3 is 10.2 Å². The van der Waals surface area contributed by atoms with Gasteiger partial charge in [-0.25, -0.2) is 0 Å². The third-order valence-electron chi connectivity index (χ3n) is 2.65. The fourth-order valence-corrected chi connectivity index (χ4v) is 1.92.